The number of hydrogen-bond acceptors (Lipinski definition) is 6. The minimum Gasteiger partial charge on any atom is -0.375 e. The minimum atomic E-state index is 0.584. The van der Waals surface area contributed by atoms with Crippen molar-refractivity contribution in [2.24, 2.45) is 0 Å². The van der Waals surface area contributed by atoms with Gasteiger partial charge in [0.2, 0.25) is 0 Å². The number of nitrogens with two attached hydrogens (primary N) is 1. The van der Waals surface area contributed by atoms with E-state index in [1.807, 2.05) is 0 Å². The van der Waals surface area contributed by atoms with Gasteiger partial charge in [-0.3, -0.25) is 0 Å². The number of nitrogen functional groups attached to an aromatic ring is 1. The first-order valence-electron chi connectivity index (χ1n) is 3.91. The van der Waals surface area contributed by atoms with Crippen molar-refractivity contribution in [2.45, 2.75) is 12.8 Å². The normalized spacial score (nSPS) is 13.8. The molecule has 2 aromatic heterocycles. The fraction of sp³-hybridized carbons (Fsp3) is 0.286. The molecule has 0 aliphatic heterocycles. The molecule has 2 heterocycles. The van der Waals surface area contributed by atoms with Crippen molar-refractivity contribution in [3.05, 3.63) is 11.4 Å². The lowest BCUT2D eigenvalue weighted by Gasteiger charge is -2.04. The van der Waals surface area contributed by atoms with Crippen LogP contribution >= 0.6 is 11.3 Å². The maximum Gasteiger partial charge on any atom is 0.180 e. The second-order valence-electron chi connectivity index (χ2n) is 2.89. The molecule has 0 aromatic carbocycles. The van der Waals surface area contributed by atoms with Crippen LogP contribution in [0.1, 0.15) is 11.4 Å². The monoisotopic (exact) mass is 194 g/mol. The molecule has 0 spiro atoms. The van der Waals surface area contributed by atoms with Gasteiger partial charge < -0.3 is 5.73 Å². The maximum absolute atomic E-state index is 5.61. The first kappa shape index (κ1) is 7.02. The largest absolute Gasteiger partial charge is 0.375 e. The van der Waals surface area contributed by atoms with Gasteiger partial charge in [0.25, 0.3) is 0 Å². The van der Waals surface area contributed by atoms with Crippen LogP contribution in [0, 0.1) is 0 Å². The van der Waals surface area contributed by atoms with Crippen LogP contribution in [0.3, 0.4) is 0 Å². The minimum absolute atomic E-state index is 0.584. The second kappa shape index (κ2) is 2.29. The Hall–Kier alpha value is -1.43. The lowest BCUT2D eigenvalue weighted by molar-refractivity contribution is 0.305. The zero-order chi connectivity index (χ0) is 8.84. The summed E-state index contributed by atoms with van der Waals surface area (Å²) < 4.78 is 4.67. The van der Waals surface area contributed by atoms with E-state index < -0.39 is 0 Å². The summed E-state index contributed by atoms with van der Waals surface area (Å²) in [6.45, 7) is 0. The fourth-order valence-corrected chi connectivity index (χ4v) is 2.39. The Morgan fingerprint density at radius 3 is 3.00 bits per heavy atom. The Balaban J connectivity index is 2.29. The third kappa shape index (κ3) is 0.888. The van der Waals surface area contributed by atoms with Gasteiger partial charge in [-0.05, 0) is 11.6 Å². The fourth-order valence-electron chi connectivity index (χ4n) is 1.50. The number of anilines is 1. The molecule has 0 amide bonds. The average Bonchev–Trinajstić information content (AvgIpc) is 2.65. The second-order valence-corrected chi connectivity index (χ2v) is 3.92. The van der Waals surface area contributed by atoms with Crippen LogP contribution in [0.4, 0.5) is 5.13 Å². The Labute approximate surface area is 77.5 Å². The Bertz CT molecular complexity index is 461. The predicted molar refractivity (Wildman–Crippen MR) is 47.2 cm³/mol. The molecule has 6 heteroatoms. The van der Waals surface area contributed by atoms with E-state index in [9.17, 15) is 0 Å². The van der Waals surface area contributed by atoms with Crippen LogP contribution in [-0.2, 0) is 12.8 Å². The number of fused-ring (bicyclic) bond motifs is 3. The summed E-state index contributed by atoms with van der Waals surface area (Å²) in [7, 11) is 0. The van der Waals surface area contributed by atoms with E-state index in [0.717, 1.165) is 34.8 Å². The zero-order valence-corrected chi connectivity index (χ0v) is 7.47. The molecule has 0 atom stereocenters. The summed E-state index contributed by atoms with van der Waals surface area (Å²) in [5.74, 6) is 0. The molecule has 13 heavy (non-hydrogen) atoms. The highest BCUT2D eigenvalue weighted by atomic mass is 32.1. The molecule has 1 aliphatic rings. The summed E-state index contributed by atoms with van der Waals surface area (Å²) in [6, 6.07) is 0. The summed E-state index contributed by atoms with van der Waals surface area (Å²) in [6.07, 6.45) is 1.72. The van der Waals surface area contributed by atoms with Crippen molar-refractivity contribution in [3.63, 3.8) is 0 Å². The lowest BCUT2D eigenvalue weighted by Crippen LogP contribution is -2.01. The third-order valence-electron chi connectivity index (χ3n) is 2.08. The first-order valence-corrected chi connectivity index (χ1v) is 4.73. The van der Waals surface area contributed by atoms with Crippen molar-refractivity contribution in [1.29, 1.82) is 0 Å². The molecule has 0 bridgehead atoms. The van der Waals surface area contributed by atoms with E-state index in [2.05, 4.69) is 19.9 Å². The molecule has 66 valence electrons. The smallest absolute Gasteiger partial charge is 0.180 e. The molecule has 0 saturated carbocycles. The van der Waals surface area contributed by atoms with E-state index >= 15 is 0 Å². The molecule has 5 nitrogen and oxygen atoms in total. The summed E-state index contributed by atoms with van der Waals surface area (Å²) in [4.78, 5) is 5.23. The van der Waals surface area contributed by atoms with E-state index in [1.54, 1.807) is 0 Å². The summed E-state index contributed by atoms with van der Waals surface area (Å²) in [5, 5.41) is 8.24. The number of hydrogen-bond donors (Lipinski definition) is 1. The molecular weight excluding hydrogens is 188 g/mol. The van der Waals surface area contributed by atoms with E-state index in [1.165, 1.54) is 11.3 Å². The van der Waals surface area contributed by atoms with Crippen LogP contribution in [-0.4, -0.2) is 15.3 Å². The molecule has 3 rings (SSSR count). The molecular formula is C7H6N4OS. The van der Waals surface area contributed by atoms with Crippen LogP contribution in [0.2, 0.25) is 0 Å². The Kier molecular flexibility index (Phi) is 1.24. The number of nitrogens with zero attached hydrogens (tertiary/aromatic N) is 3. The SMILES string of the molecule is Nc1nc2c(s1)-c1nonc1CC2. The van der Waals surface area contributed by atoms with Crippen molar-refractivity contribution in [3.8, 4) is 10.6 Å². The first-order chi connectivity index (χ1) is 6.34. The van der Waals surface area contributed by atoms with Crippen LogP contribution in [0.25, 0.3) is 10.6 Å². The van der Waals surface area contributed by atoms with Gasteiger partial charge in [0.05, 0.1) is 10.6 Å². The number of aryl methyl sites for hydroxylation is 2. The maximum atomic E-state index is 5.61. The predicted octanol–water partition coefficient (Wildman–Crippen LogP) is 0.874. The lowest BCUT2D eigenvalue weighted by atomic mass is 10.0. The van der Waals surface area contributed by atoms with Crippen LogP contribution in [0.5, 0.6) is 0 Å². The Morgan fingerprint density at radius 2 is 2.08 bits per heavy atom. The van der Waals surface area contributed by atoms with Crippen LogP contribution < -0.4 is 5.73 Å². The van der Waals surface area contributed by atoms with Gasteiger partial charge in [-0.25, -0.2) is 9.61 Å². The van der Waals surface area contributed by atoms with E-state index in [0.29, 0.717) is 5.13 Å². The Morgan fingerprint density at radius 1 is 1.23 bits per heavy atom. The molecule has 0 fully saturated rings. The molecule has 0 saturated heterocycles. The van der Waals surface area contributed by atoms with Gasteiger partial charge in [-0.1, -0.05) is 16.5 Å². The average molecular weight is 194 g/mol. The van der Waals surface area contributed by atoms with Gasteiger partial charge in [0.15, 0.2) is 5.13 Å². The zero-order valence-electron chi connectivity index (χ0n) is 6.65. The number of rotatable bonds is 0. The van der Waals surface area contributed by atoms with Crippen molar-refractivity contribution < 1.29 is 4.63 Å². The number of thiazole rings is 1. The van der Waals surface area contributed by atoms with Crippen molar-refractivity contribution in [2.75, 3.05) is 5.73 Å². The van der Waals surface area contributed by atoms with E-state index in [-0.39, 0.29) is 0 Å². The van der Waals surface area contributed by atoms with E-state index in [4.69, 9.17) is 5.73 Å². The van der Waals surface area contributed by atoms with Gasteiger partial charge in [0, 0.05) is 6.42 Å². The quantitative estimate of drug-likeness (QED) is 0.673. The van der Waals surface area contributed by atoms with Crippen molar-refractivity contribution in [1.82, 2.24) is 15.3 Å². The van der Waals surface area contributed by atoms with Crippen molar-refractivity contribution >= 4 is 16.5 Å². The van der Waals surface area contributed by atoms with Gasteiger partial charge in [-0.2, -0.15) is 0 Å². The van der Waals surface area contributed by atoms with Gasteiger partial charge >= 0.3 is 0 Å². The highest BCUT2D eigenvalue weighted by molar-refractivity contribution is 7.18. The molecule has 0 radical (unpaired) electrons. The molecule has 0 unspecified atom stereocenters. The standard InChI is InChI=1S/C7H6N4OS/c8-7-9-4-2-1-3-5(6(4)13-7)11-12-10-3/h1-2H2,(H2,8,9). The topological polar surface area (TPSA) is 77.8 Å². The number of aromatic nitrogens is 3. The molecule has 2 N–H and O–H groups in total. The molecule has 1 aliphatic carbocycles. The molecule has 2 aromatic rings. The van der Waals surface area contributed by atoms with Crippen LogP contribution in [0.15, 0.2) is 4.63 Å². The third-order valence-corrected chi connectivity index (χ3v) is 3.02. The highest BCUT2D eigenvalue weighted by Gasteiger charge is 2.24. The highest BCUT2D eigenvalue weighted by Crippen LogP contribution is 2.36. The van der Waals surface area contributed by atoms with Gasteiger partial charge in [-0.15, -0.1) is 0 Å². The summed E-state index contributed by atoms with van der Waals surface area (Å²) >= 11 is 1.44. The van der Waals surface area contributed by atoms with Gasteiger partial charge in [0.1, 0.15) is 11.4 Å². The summed E-state index contributed by atoms with van der Waals surface area (Å²) in [5.41, 5.74) is 8.36.